The molecule has 1 heterocycles. The van der Waals surface area contributed by atoms with E-state index < -0.39 is 11.1 Å². The van der Waals surface area contributed by atoms with Gasteiger partial charge in [0.1, 0.15) is 6.10 Å². The van der Waals surface area contributed by atoms with Gasteiger partial charge in [-0.15, -0.1) is 10.3 Å². The molecule has 2 unspecified atom stereocenters. The lowest BCUT2D eigenvalue weighted by atomic mass is 9.97. The van der Waals surface area contributed by atoms with E-state index in [-0.39, 0.29) is 18.0 Å². The van der Waals surface area contributed by atoms with Gasteiger partial charge < -0.3 is 4.74 Å². The Morgan fingerprint density at radius 2 is 2.00 bits per heavy atom. The summed E-state index contributed by atoms with van der Waals surface area (Å²) in [6.07, 6.45) is 0.260. The van der Waals surface area contributed by atoms with E-state index >= 15 is 0 Å². The number of hydrogen-bond donors (Lipinski definition) is 0. The highest BCUT2D eigenvalue weighted by Crippen LogP contribution is 2.41. The number of nitrogens with zero attached hydrogens (tertiary/aromatic N) is 1. The molecular weight excluding hydrogens is 333 g/mol. The Bertz CT molecular complexity index is 304. The highest BCUT2D eigenvalue weighted by molar-refractivity contribution is 14.1. The van der Waals surface area contributed by atoms with Gasteiger partial charge in [-0.05, 0) is 27.7 Å². The molecule has 17 heavy (non-hydrogen) atoms. The summed E-state index contributed by atoms with van der Waals surface area (Å²) in [7, 11) is 0. The summed E-state index contributed by atoms with van der Waals surface area (Å²) in [6.45, 7) is 9.29. The molecule has 1 saturated heterocycles. The van der Waals surface area contributed by atoms with Gasteiger partial charge in [0.05, 0.1) is 11.5 Å². The normalized spacial score (nSPS) is 29.0. The molecule has 1 aliphatic rings. The van der Waals surface area contributed by atoms with Gasteiger partial charge in [-0.25, -0.2) is 0 Å². The van der Waals surface area contributed by atoms with Gasteiger partial charge in [-0.1, -0.05) is 29.5 Å². The number of hydroxylamine groups is 2. The minimum absolute atomic E-state index is 0.116. The second-order valence-electron chi connectivity index (χ2n) is 5.95. The topological polar surface area (TPSA) is 49.4 Å². The molecule has 0 amide bonds. The first-order chi connectivity index (χ1) is 7.63. The van der Waals surface area contributed by atoms with Crippen LogP contribution in [0.2, 0.25) is 0 Å². The minimum atomic E-state index is -0.649. The third-order valence-electron chi connectivity index (χ3n) is 3.44. The molecule has 0 saturated carbocycles. The first kappa shape index (κ1) is 15.2. The summed E-state index contributed by atoms with van der Waals surface area (Å²) < 4.78 is 6.23. The van der Waals surface area contributed by atoms with Crippen molar-refractivity contribution >= 4 is 28.6 Å². The maximum atomic E-state index is 12.1. The van der Waals surface area contributed by atoms with Crippen LogP contribution in [0.15, 0.2) is 0 Å². The number of halogens is 1. The van der Waals surface area contributed by atoms with Gasteiger partial charge in [0.2, 0.25) is 0 Å². The van der Waals surface area contributed by atoms with Crippen LogP contribution >= 0.6 is 22.6 Å². The lowest BCUT2D eigenvalue weighted by Crippen LogP contribution is -2.48. The Labute approximate surface area is 117 Å². The Morgan fingerprint density at radius 3 is 2.35 bits per heavy atom. The molecule has 0 aromatic heterocycles. The van der Waals surface area contributed by atoms with Gasteiger partial charge >= 0.3 is 5.97 Å². The van der Waals surface area contributed by atoms with Gasteiger partial charge in [0.25, 0.3) is 0 Å². The number of alkyl halides is 1. The largest absolute Gasteiger partial charge is 0.460 e. The molecule has 99 valence electrons. The van der Waals surface area contributed by atoms with Crippen LogP contribution in [0.4, 0.5) is 0 Å². The summed E-state index contributed by atoms with van der Waals surface area (Å²) in [6, 6.07) is 0. The van der Waals surface area contributed by atoms with Crippen molar-refractivity contribution in [2.75, 3.05) is 4.43 Å². The van der Waals surface area contributed by atoms with E-state index in [1.54, 1.807) is 0 Å². The van der Waals surface area contributed by atoms with Crippen molar-refractivity contribution in [3.8, 4) is 0 Å². The molecular formula is C12H21INO3. The van der Waals surface area contributed by atoms with Crippen LogP contribution in [-0.2, 0) is 14.7 Å². The second kappa shape index (κ2) is 5.01. The highest BCUT2D eigenvalue weighted by Gasteiger charge is 2.54. The zero-order valence-electron chi connectivity index (χ0n) is 11.1. The Morgan fingerprint density at radius 1 is 1.47 bits per heavy atom. The Balaban J connectivity index is 2.77. The van der Waals surface area contributed by atoms with E-state index in [9.17, 15) is 10.0 Å². The Hall–Kier alpha value is 0.120. The summed E-state index contributed by atoms with van der Waals surface area (Å²) in [5, 5.41) is 13.2. The molecule has 1 fully saturated rings. The standard InChI is InChI=1S/C12H21INO3/c1-8(7-13)10(15)17-9-6-11(2,3)14(16)12(9,4)5/h8-9H,6-7H2,1-5H3. The lowest BCUT2D eigenvalue weighted by molar-refractivity contribution is -0.252. The zero-order valence-corrected chi connectivity index (χ0v) is 13.3. The minimum Gasteiger partial charge on any atom is -0.460 e. The fourth-order valence-corrected chi connectivity index (χ4v) is 2.56. The first-order valence-corrected chi connectivity index (χ1v) is 7.39. The van der Waals surface area contributed by atoms with E-state index in [2.05, 4.69) is 22.6 Å². The average Bonchev–Trinajstić information content (AvgIpc) is 2.38. The monoisotopic (exact) mass is 354 g/mol. The molecule has 2 atom stereocenters. The van der Waals surface area contributed by atoms with Crippen molar-refractivity contribution in [3.63, 3.8) is 0 Å². The third-order valence-corrected chi connectivity index (χ3v) is 4.76. The number of rotatable bonds is 3. The molecule has 0 aromatic carbocycles. The molecule has 0 N–H and O–H groups in total. The number of hydrogen-bond acceptors (Lipinski definition) is 3. The predicted molar refractivity (Wildman–Crippen MR) is 73.2 cm³/mol. The molecule has 1 radical (unpaired) electrons. The third kappa shape index (κ3) is 2.93. The summed E-state index contributed by atoms with van der Waals surface area (Å²) in [5.74, 6) is -0.321. The van der Waals surface area contributed by atoms with Crippen LogP contribution in [-0.4, -0.2) is 32.6 Å². The molecule has 1 rings (SSSR count). The quantitative estimate of drug-likeness (QED) is 0.445. The number of carbonyl (C=O) groups is 1. The van der Waals surface area contributed by atoms with Crippen LogP contribution in [0.3, 0.4) is 0 Å². The van der Waals surface area contributed by atoms with Crippen LogP contribution in [0.5, 0.6) is 0 Å². The van der Waals surface area contributed by atoms with Crippen LogP contribution < -0.4 is 0 Å². The summed E-state index contributed by atoms with van der Waals surface area (Å²) >= 11 is 2.16. The van der Waals surface area contributed by atoms with Crippen molar-refractivity contribution in [1.82, 2.24) is 5.06 Å². The average molecular weight is 354 g/mol. The molecule has 0 bridgehead atoms. The van der Waals surface area contributed by atoms with E-state index in [0.29, 0.717) is 6.42 Å². The van der Waals surface area contributed by atoms with Gasteiger partial charge in [0.15, 0.2) is 0 Å². The first-order valence-electron chi connectivity index (χ1n) is 5.87. The highest BCUT2D eigenvalue weighted by atomic mass is 127. The lowest BCUT2D eigenvalue weighted by Gasteiger charge is -2.33. The van der Waals surface area contributed by atoms with Crippen LogP contribution in [0, 0.1) is 5.92 Å². The van der Waals surface area contributed by atoms with E-state index in [1.165, 1.54) is 0 Å². The molecule has 0 aliphatic carbocycles. The summed E-state index contributed by atoms with van der Waals surface area (Å²) in [4.78, 5) is 11.8. The summed E-state index contributed by atoms with van der Waals surface area (Å²) in [5.41, 5.74) is -1.12. The van der Waals surface area contributed by atoms with E-state index in [4.69, 9.17) is 4.74 Å². The van der Waals surface area contributed by atoms with Crippen LogP contribution in [0.1, 0.15) is 41.0 Å². The van der Waals surface area contributed by atoms with Crippen molar-refractivity contribution < 1.29 is 14.7 Å². The number of esters is 1. The van der Waals surface area contributed by atoms with E-state index in [1.807, 2.05) is 34.6 Å². The van der Waals surface area contributed by atoms with Crippen molar-refractivity contribution in [2.45, 2.75) is 58.2 Å². The van der Waals surface area contributed by atoms with Crippen molar-refractivity contribution in [2.24, 2.45) is 5.92 Å². The zero-order chi connectivity index (χ0) is 13.4. The maximum Gasteiger partial charge on any atom is 0.309 e. The number of ether oxygens (including phenoxy) is 1. The van der Waals surface area contributed by atoms with Crippen molar-refractivity contribution in [1.29, 1.82) is 0 Å². The molecule has 0 spiro atoms. The molecule has 5 heteroatoms. The predicted octanol–water partition coefficient (Wildman–Crippen LogP) is 2.58. The maximum absolute atomic E-state index is 12.1. The van der Waals surface area contributed by atoms with Gasteiger partial charge in [-0.2, -0.15) is 0 Å². The fraction of sp³-hybridized carbons (Fsp3) is 0.917. The van der Waals surface area contributed by atoms with Crippen molar-refractivity contribution in [3.05, 3.63) is 0 Å². The van der Waals surface area contributed by atoms with Gasteiger partial charge in [0, 0.05) is 16.4 Å². The smallest absolute Gasteiger partial charge is 0.309 e. The van der Waals surface area contributed by atoms with Crippen LogP contribution in [0.25, 0.3) is 0 Å². The second-order valence-corrected chi connectivity index (χ2v) is 6.83. The fourth-order valence-electron chi connectivity index (χ4n) is 2.20. The van der Waals surface area contributed by atoms with E-state index in [0.717, 1.165) is 9.49 Å². The molecule has 4 nitrogen and oxygen atoms in total. The molecule has 0 aromatic rings. The number of carbonyl (C=O) groups excluding carboxylic acids is 1. The SMILES string of the molecule is CC(CI)C(=O)OC1CC(C)(C)N([O])C1(C)C. The Kier molecular flexibility index (Phi) is 4.47. The van der Waals surface area contributed by atoms with Gasteiger partial charge in [-0.3, -0.25) is 4.79 Å². The molecule has 1 aliphatic heterocycles.